The summed E-state index contributed by atoms with van der Waals surface area (Å²) in [6, 6.07) is 15.2. The maximum Gasteiger partial charge on any atom is 0.271 e. The van der Waals surface area contributed by atoms with Crippen molar-refractivity contribution in [3.8, 4) is 0 Å². The molecule has 0 radical (unpaired) electrons. The third-order valence-corrected chi connectivity index (χ3v) is 4.65. The molecule has 2 amide bonds. The van der Waals surface area contributed by atoms with Gasteiger partial charge >= 0.3 is 0 Å². The number of nitrogens with zero attached hydrogens (tertiary/aromatic N) is 2. The summed E-state index contributed by atoms with van der Waals surface area (Å²) < 4.78 is 0. The Kier molecular flexibility index (Phi) is 4.06. The maximum absolute atomic E-state index is 12.6. The fraction of sp³-hybridized carbons (Fsp3) is 0.250. The third-order valence-electron chi connectivity index (χ3n) is 4.65. The van der Waals surface area contributed by atoms with Crippen LogP contribution in [-0.4, -0.2) is 17.5 Å². The highest BCUT2D eigenvalue weighted by Gasteiger charge is 2.25. The highest BCUT2D eigenvalue weighted by Crippen LogP contribution is 2.25. The monoisotopic (exact) mass is 333 g/mol. The predicted molar refractivity (Wildman–Crippen MR) is 97.7 cm³/mol. The Morgan fingerprint density at radius 1 is 0.960 bits per heavy atom. The number of amides is 2. The quantitative estimate of drug-likeness (QED) is 0.937. The van der Waals surface area contributed by atoms with Crippen LogP contribution in [0.5, 0.6) is 0 Å². The first-order chi connectivity index (χ1) is 12.2. The Balaban J connectivity index is 1.54. The van der Waals surface area contributed by atoms with Crippen LogP contribution < -0.4 is 10.3 Å². The highest BCUT2D eigenvalue weighted by atomic mass is 16.2. The molecule has 4 rings (SSSR count). The van der Waals surface area contributed by atoms with Crippen molar-refractivity contribution in [1.82, 2.24) is 0 Å². The largest absolute Gasteiger partial charge is 0.321 e. The Bertz CT molecular complexity index is 858. The molecule has 25 heavy (non-hydrogen) atoms. The third kappa shape index (κ3) is 3.18. The van der Waals surface area contributed by atoms with Crippen molar-refractivity contribution in [2.45, 2.75) is 32.1 Å². The average Bonchev–Trinajstić information content (AvgIpc) is 3.10. The Morgan fingerprint density at radius 3 is 2.60 bits per heavy atom. The van der Waals surface area contributed by atoms with Crippen LogP contribution >= 0.6 is 0 Å². The molecule has 1 aliphatic carbocycles. The number of hydrazone groups is 1. The molecule has 0 bridgehead atoms. The van der Waals surface area contributed by atoms with Crippen molar-refractivity contribution in [3.05, 3.63) is 59.7 Å². The zero-order valence-corrected chi connectivity index (χ0v) is 13.9. The van der Waals surface area contributed by atoms with Crippen molar-refractivity contribution in [3.63, 3.8) is 0 Å². The topological polar surface area (TPSA) is 61.8 Å². The molecule has 2 aromatic rings. The first-order valence-electron chi connectivity index (χ1n) is 8.59. The molecular formula is C20H19N3O2. The van der Waals surface area contributed by atoms with Crippen molar-refractivity contribution in [2.75, 3.05) is 10.3 Å². The Hall–Kier alpha value is -2.95. The van der Waals surface area contributed by atoms with E-state index in [1.165, 1.54) is 22.6 Å². The minimum Gasteiger partial charge on any atom is -0.321 e. The zero-order chi connectivity index (χ0) is 17.2. The van der Waals surface area contributed by atoms with Gasteiger partial charge in [-0.2, -0.15) is 5.10 Å². The van der Waals surface area contributed by atoms with Crippen LogP contribution in [0, 0.1) is 0 Å². The van der Waals surface area contributed by atoms with Crippen LogP contribution in [0.15, 0.2) is 53.6 Å². The van der Waals surface area contributed by atoms with E-state index in [-0.39, 0.29) is 18.2 Å². The van der Waals surface area contributed by atoms with Gasteiger partial charge in [-0.1, -0.05) is 24.3 Å². The van der Waals surface area contributed by atoms with Gasteiger partial charge in [-0.05, 0) is 54.7 Å². The molecule has 0 spiro atoms. The summed E-state index contributed by atoms with van der Waals surface area (Å²) in [6.07, 6.45) is 4.00. The van der Waals surface area contributed by atoms with Crippen LogP contribution in [-0.2, 0) is 22.4 Å². The lowest BCUT2D eigenvalue weighted by atomic mass is 10.1. The van der Waals surface area contributed by atoms with Gasteiger partial charge in [-0.25, -0.2) is 5.01 Å². The predicted octanol–water partition coefficient (Wildman–Crippen LogP) is 3.30. The number of carbonyl (C=O) groups is 2. The molecule has 2 aliphatic rings. The summed E-state index contributed by atoms with van der Waals surface area (Å²) in [5, 5.41) is 8.53. The normalized spacial score (nSPS) is 16.4. The number of hydrogen-bond donors (Lipinski definition) is 1. The number of carbonyl (C=O) groups excluding carboxylic acids is 2. The fourth-order valence-corrected chi connectivity index (χ4v) is 3.34. The molecule has 0 aromatic heterocycles. The molecule has 5 nitrogen and oxygen atoms in total. The van der Waals surface area contributed by atoms with Gasteiger partial charge in [0.15, 0.2) is 0 Å². The molecule has 1 aliphatic heterocycles. The Morgan fingerprint density at radius 2 is 1.76 bits per heavy atom. The first kappa shape index (κ1) is 15.6. The molecule has 1 N–H and O–H groups in total. The van der Waals surface area contributed by atoms with Gasteiger partial charge in [0.05, 0.1) is 5.69 Å². The van der Waals surface area contributed by atoms with E-state index < -0.39 is 0 Å². The summed E-state index contributed by atoms with van der Waals surface area (Å²) in [5.74, 6) is -0.341. The fourth-order valence-electron chi connectivity index (χ4n) is 3.34. The summed E-state index contributed by atoms with van der Waals surface area (Å²) in [5.41, 5.74) is 4.52. The van der Waals surface area contributed by atoms with Gasteiger partial charge in [-0.15, -0.1) is 0 Å². The number of rotatable bonds is 3. The number of benzene rings is 2. The molecule has 5 heteroatoms. The van der Waals surface area contributed by atoms with E-state index in [4.69, 9.17) is 0 Å². The summed E-state index contributed by atoms with van der Waals surface area (Å²) >= 11 is 0. The molecular weight excluding hydrogens is 314 g/mol. The van der Waals surface area contributed by atoms with E-state index in [0.717, 1.165) is 18.5 Å². The van der Waals surface area contributed by atoms with Crippen LogP contribution in [0.2, 0.25) is 0 Å². The van der Waals surface area contributed by atoms with Crippen molar-refractivity contribution in [1.29, 1.82) is 0 Å². The van der Waals surface area contributed by atoms with Crippen LogP contribution in [0.25, 0.3) is 0 Å². The second-order valence-electron chi connectivity index (χ2n) is 6.38. The highest BCUT2D eigenvalue weighted by molar-refractivity contribution is 6.44. The lowest BCUT2D eigenvalue weighted by Crippen LogP contribution is -2.36. The van der Waals surface area contributed by atoms with Gasteiger partial charge in [0.1, 0.15) is 5.71 Å². The molecule has 126 valence electrons. The number of para-hydroxylation sites is 1. The van der Waals surface area contributed by atoms with Gasteiger partial charge in [-0.3, -0.25) is 9.59 Å². The second-order valence-corrected chi connectivity index (χ2v) is 6.38. The Labute approximate surface area is 146 Å². The van der Waals surface area contributed by atoms with Crippen molar-refractivity contribution >= 4 is 28.9 Å². The van der Waals surface area contributed by atoms with Gasteiger partial charge in [0.2, 0.25) is 5.91 Å². The number of hydrogen-bond acceptors (Lipinski definition) is 3. The van der Waals surface area contributed by atoms with E-state index in [1.807, 2.05) is 42.5 Å². The van der Waals surface area contributed by atoms with Gasteiger partial charge < -0.3 is 5.32 Å². The number of anilines is 2. The molecule has 0 unspecified atom stereocenters. The SMILES string of the molecule is O=C(Nc1ccc2c(c1)CCC2)C1=NN(c2ccccc2)C(=O)CC1. The molecule has 0 saturated carbocycles. The molecule has 0 fully saturated rings. The van der Waals surface area contributed by atoms with E-state index in [9.17, 15) is 9.59 Å². The van der Waals surface area contributed by atoms with Crippen molar-refractivity contribution in [2.24, 2.45) is 5.10 Å². The second kappa shape index (κ2) is 6.51. The van der Waals surface area contributed by atoms with Crippen LogP contribution in [0.3, 0.4) is 0 Å². The lowest BCUT2D eigenvalue weighted by molar-refractivity contribution is -0.118. The lowest BCUT2D eigenvalue weighted by Gasteiger charge is -2.23. The van der Waals surface area contributed by atoms with Crippen molar-refractivity contribution < 1.29 is 9.59 Å². The van der Waals surface area contributed by atoms with E-state index in [1.54, 1.807) is 0 Å². The van der Waals surface area contributed by atoms with E-state index in [2.05, 4.69) is 16.5 Å². The minimum atomic E-state index is -0.244. The molecule has 2 aromatic carbocycles. The van der Waals surface area contributed by atoms with Gasteiger partial charge in [0, 0.05) is 18.5 Å². The first-order valence-corrected chi connectivity index (χ1v) is 8.59. The number of fused-ring (bicyclic) bond motifs is 1. The summed E-state index contributed by atoms with van der Waals surface area (Å²) in [4.78, 5) is 24.7. The molecule has 1 heterocycles. The standard InChI is InChI=1S/C20H19N3O2/c24-19-12-11-18(22-23(19)17-7-2-1-3-8-17)20(25)21-16-10-9-14-5-4-6-15(14)13-16/h1-3,7-10,13H,4-6,11-12H2,(H,21,25). The number of aryl methyl sites for hydroxylation is 2. The smallest absolute Gasteiger partial charge is 0.271 e. The van der Waals surface area contributed by atoms with E-state index in [0.29, 0.717) is 17.8 Å². The average molecular weight is 333 g/mol. The summed E-state index contributed by atoms with van der Waals surface area (Å²) in [6.45, 7) is 0. The van der Waals surface area contributed by atoms with Gasteiger partial charge in [0.25, 0.3) is 5.91 Å². The maximum atomic E-state index is 12.6. The van der Waals surface area contributed by atoms with Crippen LogP contribution in [0.1, 0.15) is 30.4 Å². The summed E-state index contributed by atoms with van der Waals surface area (Å²) in [7, 11) is 0. The van der Waals surface area contributed by atoms with Crippen LogP contribution in [0.4, 0.5) is 11.4 Å². The number of nitrogens with one attached hydrogen (secondary N) is 1. The van der Waals surface area contributed by atoms with E-state index >= 15 is 0 Å². The molecule has 0 saturated heterocycles. The molecule has 0 atom stereocenters. The zero-order valence-electron chi connectivity index (χ0n) is 13.9. The minimum absolute atomic E-state index is 0.0970.